The van der Waals surface area contributed by atoms with Crippen molar-refractivity contribution < 1.29 is 9.57 Å². The Hall–Kier alpha value is -2.04. The SMILES string of the molecule is CCN(C)C=Nc1cc(C)c(OC2CCCC/C2=N/OC)cc1C. The van der Waals surface area contributed by atoms with Gasteiger partial charge in [0.1, 0.15) is 19.0 Å². The first-order chi connectivity index (χ1) is 11.5. The number of oxime groups is 1. The first-order valence-electron chi connectivity index (χ1n) is 8.67. The van der Waals surface area contributed by atoms with Gasteiger partial charge in [0.15, 0.2) is 0 Å². The average Bonchev–Trinajstić information content (AvgIpc) is 2.58. The summed E-state index contributed by atoms with van der Waals surface area (Å²) < 4.78 is 6.26. The monoisotopic (exact) mass is 331 g/mol. The van der Waals surface area contributed by atoms with Crippen molar-refractivity contribution in [2.45, 2.75) is 52.6 Å². The summed E-state index contributed by atoms with van der Waals surface area (Å²) in [6.45, 7) is 7.17. The fourth-order valence-corrected chi connectivity index (χ4v) is 2.75. The number of aryl methyl sites for hydroxylation is 2. The Kier molecular flexibility index (Phi) is 6.64. The van der Waals surface area contributed by atoms with E-state index in [1.54, 1.807) is 7.11 Å². The van der Waals surface area contributed by atoms with Gasteiger partial charge in [-0.15, -0.1) is 0 Å². The van der Waals surface area contributed by atoms with Gasteiger partial charge >= 0.3 is 0 Å². The van der Waals surface area contributed by atoms with Crippen molar-refractivity contribution in [3.63, 3.8) is 0 Å². The number of nitrogens with zero attached hydrogens (tertiary/aromatic N) is 3. The third kappa shape index (κ3) is 4.73. The van der Waals surface area contributed by atoms with Crippen LogP contribution in [0.3, 0.4) is 0 Å². The van der Waals surface area contributed by atoms with Gasteiger partial charge in [0.05, 0.1) is 17.7 Å². The minimum Gasteiger partial charge on any atom is -0.484 e. The zero-order valence-corrected chi connectivity index (χ0v) is 15.5. The zero-order valence-electron chi connectivity index (χ0n) is 15.5. The first-order valence-corrected chi connectivity index (χ1v) is 8.67. The lowest BCUT2D eigenvalue weighted by Gasteiger charge is -2.25. The van der Waals surface area contributed by atoms with Crippen molar-refractivity contribution >= 4 is 17.7 Å². The molecule has 0 aromatic heterocycles. The lowest BCUT2D eigenvalue weighted by atomic mass is 9.95. The maximum absolute atomic E-state index is 6.26. The molecule has 0 saturated heterocycles. The van der Waals surface area contributed by atoms with Crippen LogP contribution in [0, 0.1) is 13.8 Å². The number of aliphatic imine (C=N–C) groups is 1. The van der Waals surface area contributed by atoms with Gasteiger partial charge < -0.3 is 14.5 Å². The van der Waals surface area contributed by atoms with Crippen molar-refractivity contribution in [2.24, 2.45) is 10.1 Å². The number of ether oxygens (including phenoxy) is 1. The van der Waals surface area contributed by atoms with Gasteiger partial charge in [0, 0.05) is 13.6 Å². The Morgan fingerprint density at radius 1 is 1.25 bits per heavy atom. The Balaban J connectivity index is 2.18. The molecule has 132 valence electrons. The summed E-state index contributed by atoms with van der Waals surface area (Å²) in [5.41, 5.74) is 4.19. The van der Waals surface area contributed by atoms with Crippen molar-refractivity contribution in [1.82, 2.24) is 4.90 Å². The molecule has 0 spiro atoms. The third-order valence-corrected chi connectivity index (χ3v) is 4.38. The van der Waals surface area contributed by atoms with E-state index in [1.807, 2.05) is 13.4 Å². The largest absolute Gasteiger partial charge is 0.484 e. The summed E-state index contributed by atoms with van der Waals surface area (Å²) in [5, 5.41) is 4.15. The van der Waals surface area contributed by atoms with Crippen LogP contribution in [0.1, 0.15) is 43.7 Å². The smallest absolute Gasteiger partial charge is 0.140 e. The number of rotatable bonds is 6. The molecule has 0 N–H and O–H groups in total. The van der Waals surface area contributed by atoms with Crippen LogP contribution < -0.4 is 4.74 Å². The minimum absolute atomic E-state index is 0.0115. The lowest BCUT2D eigenvalue weighted by molar-refractivity contribution is 0.190. The van der Waals surface area contributed by atoms with E-state index in [9.17, 15) is 0 Å². The van der Waals surface area contributed by atoms with E-state index in [4.69, 9.17) is 9.57 Å². The molecule has 5 nitrogen and oxygen atoms in total. The van der Waals surface area contributed by atoms with Crippen molar-refractivity contribution in [3.8, 4) is 5.75 Å². The van der Waals surface area contributed by atoms with Crippen molar-refractivity contribution in [2.75, 3.05) is 20.7 Å². The average molecular weight is 331 g/mol. The Morgan fingerprint density at radius 3 is 2.75 bits per heavy atom. The second-order valence-electron chi connectivity index (χ2n) is 6.34. The Labute approximate surface area is 145 Å². The van der Waals surface area contributed by atoms with Crippen LogP contribution in [0.15, 0.2) is 22.3 Å². The highest BCUT2D eigenvalue weighted by Gasteiger charge is 2.23. The number of hydrogen-bond acceptors (Lipinski definition) is 4. The van der Waals surface area contributed by atoms with E-state index in [0.29, 0.717) is 0 Å². The van der Waals surface area contributed by atoms with Crippen LogP contribution in [-0.2, 0) is 4.84 Å². The second-order valence-corrected chi connectivity index (χ2v) is 6.34. The van der Waals surface area contributed by atoms with Crippen LogP contribution in [0.2, 0.25) is 0 Å². The van der Waals surface area contributed by atoms with E-state index < -0.39 is 0 Å². The Bertz CT molecular complexity index is 611. The van der Waals surface area contributed by atoms with E-state index in [-0.39, 0.29) is 6.10 Å². The summed E-state index contributed by atoms with van der Waals surface area (Å²) in [4.78, 5) is 11.6. The van der Waals surface area contributed by atoms with Gasteiger partial charge in [0.2, 0.25) is 0 Å². The van der Waals surface area contributed by atoms with Crippen LogP contribution in [0.4, 0.5) is 5.69 Å². The molecule has 0 heterocycles. The highest BCUT2D eigenvalue weighted by atomic mass is 16.6. The quantitative estimate of drug-likeness (QED) is 0.445. The predicted molar refractivity (Wildman–Crippen MR) is 99.7 cm³/mol. The van der Waals surface area contributed by atoms with Crippen LogP contribution >= 0.6 is 0 Å². The molecule has 0 amide bonds. The van der Waals surface area contributed by atoms with E-state index in [1.165, 1.54) is 0 Å². The highest BCUT2D eigenvalue weighted by Crippen LogP contribution is 2.30. The molecule has 24 heavy (non-hydrogen) atoms. The van der Waals surface area contributed by atoms with Gasteiger partial charge in [-0.25, -0.2) is 4.99 Å². The minimum atomic E-state index is 0.0115. The first kappa shape index (κ1) is 18.3. The van der Waals surface area contributed by atoms with Crippen molar-refractivity contribution in [3.05, 3.63) is 23.3 Å². The highest BCUT2D eigenvalue weighted by molar-refractivity contribution is 5.89. The number of benzene rings is 1. The molecule has 1 saturated carbocycles. The van der Waals surface area contributed by atoms with Gasteiger partial charge in [-0.2, -0.15) is 0 Å². The van der Waals surface area contributed by atoms with Gasteiger partial charge in [0.25, 0.3) is 0 Å². The molecule has 1 fully saturated rings. The fraction of sp³-hybridized carbons (Fsp3) is 0.579. The molecule has 5 heteroatoms. The van der Waals surface area contributed by atoms with Crippen LogP contribution in [-0.4, -0.2) is 43.8 Å². The molecule has 2 rings (SSSR count). The molecule has 1 aromatic rings. The molecule has 1 aromatic carbocycles. The molecule has 1 unspecified atom stereocenters. The maximum Gasteiger partial charge on any atom is 0.140 e. The molecule has 1 atom stereocenters. The van der Waals surface area contributed by atoms with Crippen LogP contribution in [0.25, 0.3) is 0 Å². The zero-order chi connectivity index (χ0) is 17.5. The summed E-state index contributed by atoms with van der Waals surface area (Å²) >= 11 is 0. The fourth-order valence-electron chi connectivity index (χ4n) is 2.75. The maximum atomic E-state index is 6.26. The second kappa shape index (κ2) is 8.71. The van der Waals surface area contributed by atoms with Gasteiger partial charge in [-0.05, 0) is 69.7 Å². The Morgan fingerprint density at radius 2 is 2.04 bits per heavy atom. The lowest BCUT2D eigenvalue weighted by Crippen LogP contribution is -2.31. The van der Waals surface area contributed by atoms with Gasteiger partial charge in [-0.3, -0.25) is 0 Å². The van der Waals surface area contributed by atoms with Gasteiger partial charge in [-0.1, -0.05) is 5.16 Å². The summed E-state index contributed by atoms with van der Waals surface area (Å²) in [6.07, 6.45) is 6.13. The molecule has 0 aliphatic heterocycles. The summed E-state index contributed by atoms with van der Waals surface area (Å²) in [7, 11) is 3.61. The van der Waals surface area contributed by atoms with E-state index >= 15 is 0 Å². The van der Waals surface area contributed by atoms with E-state index in [0.717, 1.165) is 60.5 Å². The standard InChI is InChI=1S/C19H29N3O2/c1-6-22(4)13-20-17-11-15(3)19(12-14(17)2)24-18-10-8-7-9-16(18)21-23-5/h11-13,18H,6-10H2,1-5H3/b20-13?,21-16-. The molecular weight excluding hydrogens is 302 g/mol. The topological polar surface area (TPSA) is 46.4 Å². The predicted octanol–water partition coefficient (Wildman–Crippen LogP) is 4.24. The summed E-state index contributed by atoms with van der Waals surface area (Å²) in [6, 6.07) is 4.16. The molecule has 0 bridgehead atoms. The molecule has 0 radical (unpaired) electrons. The molecule has 1 aliphatic carbocycles. The summed E-state index contributed by atoms with van der Waals surface area (Å²) in [5.74, 6) is 0.908. The number of hydrogen-bond donors (Lipinski definition) is 0. The van der Waals surface area contributed by atoms with E-state index in [2.05, 4.69) is 48.0 Å². The normalized spacial score (nSPS) is 19.7. The van der Waals surface area contributed by atoms with Crippen LogP contribution in [0.5, 0.6) is 5.75 Å². The van der Waals surface area contributed by atoms with Crippen molar-refractivity contribution in [1.29, 1.82) is 0 Å². The molecular formula is C19H29N3O2. The molecule has 1 aliphatic rings. The third-order valence-electron chi connectivity index (χ3n) is 4.38.